The van der Waals surface area contributed by atoms with Crippen molar-refractivity contribution in [3.63, 3.8) is 0 Å². The monoisotopic (exact) mass is 227 g/mol. The van der Waals surface area contributed by atoms with Gasteiger partial charge in [0.15, 0.2) is 5.82 Å². The summed E-state index contributed by atoms with van der Waals surface area (Å²) in [6.07, 6.45) is 0. The summed E-state index contributed by atoms with van der Waals surface area (Å²) in [6, 6.07) is -0.353. The predicted molar refractivity (Wildman–Crippen MR) is 56.3 cm³/mol. The largest absolute Gasteiger partial charge is 0.468 e. The third-order valence-electron chi connectivity index (χ3n) is 2.15. The Kier molecular flexibility index (Phi) is 4.36. The van der Waals surface area contributed by atoms with Gasteiger partial charge in [-0.3, -0.25) is 10.1 Å². The first-order valence-corrected chi connectivity index (χ1v) is 5.08. The van der Waals surface area contributed by atoms with Crippen LogP contribution >= 0.6 is 0 Å². The molecular weight excluding hydrogens is 210 g/mol. The van der Waals surface area contributed by atoms with Crippen LogP contribution in [0.1, 0.15) is 19.7 Å². The van der Waals surface area contributed by atoms with Crippen molar-refractivity contribution < 1.29 is 9.53 Å². The summed E-state index contributed by atoms with van der Waals surface area (Å²) in [5.74, 6) is 0.417. The lowest BCUT2D eigenvalue weighted by Crippen LogP contribution is -2.41. The first-order chi connectivity index (χ1) is 7.54. The Bertz CT molecular complexity index is 349. The Morgan fingerprint density at radius 2 is 2.25 bits per heavy atom. The van der Waals surface area contributed by atoms with Gasteiger partial charge >= 0.3 is 5.97 Å². The summed E-state index contributed by atoms with van der Waals surface area (Å²) in [6.45, 7) is 4.28. The molecule has 1 heterocycles. The van der Waals surface area contributed by atoms with Crippen molar-refractivity contribution in [2.24, 2.45) is 13.0 Å². The van der Waals surface area contributed by atoms with E-state index in [2.05, 4.69) is 20.7 Å². The number of carbonyl (C=O) groups is 1. The molecule has 0 bridgehead atoms. The number of hydrogen-bond donors (Lipinski definition) is 1. The van der Waals surface area contributed by atoms with E-state index in [1.165, 1.54) is 11.9 Å². The standard InChI is InChI=1S/C9H17N5O2/c1-6(2)8(9(15)16-4)10-5-7-11-13-14(3)12-7/h6,8,10H,5H2,1-4H3. The van der Waals surface area contributed by atoms with Gasteiger partial charge in [-0.15, -0.1) is 10.2 Å². The van der Waals surface area contributed by atoms with Crippen LogP contribution in [0.5, 0.6) is 0 Å². The second-order valence-corrected chi connectivity index (χ2v) is 3.82. The second kappa shape index (κ2) is 5.55. The minimum atomic E-state index is -0.353. The molecule has 1 rings (SSSR count). The smallest absolute Gasteiger partial charge is 0.323 e. The molecule has 1 aromatic heterocycles. The van der Waals surface area contributed by atoms with Gasteiger partial charge in [0.1, 0.15) is 6.04 Å². The summed E-state index contributed by atoms with van der Waals surface area (Å²) in [7, 11) is 3.07. The molecule has 1 N–H and O–H groups in total. The molecule has 0 radical (unpaired) electrons. The average molecular weight is 227 g/mol. The van der Waals surface area contributed by atoms with E-state index in [1.807, 2.05) is 13.8 Å². The number of nitrogens with one attached hydrogen (secondary N) is 1. The van der Waals surface area contributed by atoms with Crippen molar-refractivity contribution in [1.82, 2.24) is 25.5 Å². The summed E-state index contributed by atoms with van der Waals surface area (Å²) in [4.78, 5) is 12.8. The zero-order valence-electron chi connectivity index (χ0n) is 9.97. The van der Waals surface area contributed by atoms with Gasteiger partial charge in [-0.2, -0.15) is 4.80 Å². The maximum absolute atomic E-state index is 11.4. The number of aromatic nitrogens is 4. The molecule has 0 amide bonds. The van der Waals surface area contributed by atoms with E-state index >= 15 is 0 Å². The summed E-state index contributed by atoms with van der Waals surface area (Å²) in [5, 5.41) is 14.6. The molecule has 7 heteroatoms. The van der Waals surface area contributed by atoms with Crippen molar-refractivity contribution >= 4 is 5.97 Å². The number of hydrogen-bond acceptors (Lipinski definition) is 6. The van der Waals surface area contributed by atoms with Crippen molar-refractivity contribution in [1.29, 1.82) is 0 Å². The first-order valence-electron chi connectivity index (χ1n) is 5.08. The number of tetrazole rings is 1. The number of carbonyl (C=O) groups excluding carboxylic acids is 1. The van der Waals surface area contributed by atoms with Crippen LogP contribution in [0.25, 0.3) is 0 Å². The minimum Gasteiger partial charge on any atom is -0.468 e. The number of rotatable bonds is 5. The highest BCUT2D eigenvalue weighted by molar-refractivity contribution is 5.75. The fourth-order valence-electron chi connectivity index (χ4n) is 1.31. The fourth-order valence-corrected chi connectivity index (χ4v) is 1.31. The molecular formula is C9H17N5O2. The first kappa shape index (κ1) is 12.6. The highest BCUT2D eigenvalue weighted by atomic mass is 16.5. The molecule has 7 nitrogen and oxygen atoms in total. The third-order valence-corrected chi connectivity index (χ3v) is 2.15. The zero-order chi connectivity index (χ0) is 12.1. The molecule has 0 aliphatic heterocycles. The second-order valence-electron chi connectivity index (χ2n) is 3.82. The Morgan fingerprint density at radius 3 is 2.69 bits per heavy atom. The van der Waals surface area contributed by atoms with Gasteiger partial charge in [-0.25, -0.2) is 0 Å². The molecule has 0 fully saturated rings. The van der Waals surface area contributed by atoms with Gasteiger partial charge in [0.2, 0.25) is 0 Å². The van der Waals surface area contributed by atoms with Crippen LogP contribution in [0.4, 0.5) is 0 Å². The van der Waals surface area contributed by atoms with Gasteiger partial charge in [0.05, 0.1) is 20.7 Å². The van der Waals surface area contributed by atoms with Crippen LogP contribution in [-0.4, -0.2) is 39.3 Å². The SMILES string of the molecule is COC(=O)C(NCc1nnn(C)n1)C(C)C. The average Bonchev–Trinajstić information content (AvgIpc) is 2.63. The number of ether oxygens (including phenoxy) is 1. The van der Waals surface area contributed by atoms with Gasteiger partial charge in [0.25, 0.3) is 0 Å². The van der Waals surface area contributed by atoms with Gasteiger partial charge in [-0.1, -0.05) is 13.8 Å². The molecule has 0 aliphatic carbocycles. The summed E-state index contributed by atoms with van der Waals surface area (Å²) >= 11 is 0. The van der Waals surface area contributed by atoms with Crippen molar-refractivity contribution in [3.8, 4) is 0 Å². The minimum absolute atomic E-state index is 0.143. The lowest BCUT2D eigenvalue weighted by Gasteiger charge is -2.18. The van der Waals surface area contributed by atoms with E-state index < -0.39 is 0 Å². The van der Waals surface area contributed by atoms with Crippen LogP contribution in [0.15, 0.2) is 0 Å². The zero-order valence-corrected chi connectivity index (χ0v) is 9.97. The Hall–Kier alpha value is -1.50. The number of nitrogens with zero attached hydrogens (tertiary/aromatic N) is 4. The van der Waals surface area contributed by atoms with Gasteiger partial charge in [-0.05, 0) is 11.1 Å². The third kappa shape index (κ3) is 3.27. The number of esters is 1. The topological polar surface area (TPSA) is 81.9 Å². The quantitative estimate of drug-likeness (QED) is 0.683. The van der Waals surface area contributed by atoms with Crippen molar-refractivity contribution in [2.75, 3.05) is 7.11 Å². The molecule has 16 heavy (non-hydrogen) atoms. The van der Waals surface area contributed by atoms with Gasteiger partial charge in [0, 0.05) is 0 Å². The highest BCUT2D eigenvalue weighted by Gasteiger charge is 2.22. The van der Waals surface area contributed by atoms with E-state index in [9.17, 15) is 4.79 Å². The van der Waals surface area contributed by atoms with E-state index in [4.69, 9.17) is 4.74 Å². The maximum atomic E-state index is 11.4. The van der Waals surface area contributed by atoms with Crippen molar-refractivity contribution in [3.05, 3.63) is 5.82 Å². The Balaban J connectivity index is 2.53. The van der Waals surface area contributed by atoms with Crippen LogP contribution in [-0.2, 0) is 23.1 Å². The molecule has 1 aromatic rings. The fraction of sp³-hybridized carbons (Fsp3) is 0.778. The molecule has 0 aliphatic rings. The Morgan fingerprint density at radius 1 is 1.56 bits per heavy atom. The van der Waals surface area contributed by atoms with Gasteiger partial charge < -0.3 is 4.74 Å². The lowest BCUT2D eigenvalue weighted by molar-refractivity contribution is -0.144. The van der Waals surface area contributed by atoms with E-state index in [0.29, 0.717) is 12.4 Å². The summed E-state index contributed by atoms with van der Waals surface area (Å²) in [5.41, 5.74) is 0. The van der Waals surface area contributed by atoms with Crippen LogP contribution in [0.2, 0.25) is 0 Å². The van der Waals surface area contributed by atoms with E-state index in [1.54, 1.807) is 7.05 Å². The number of methoxy groups -OCH3 is 1. The van der Waals surface area contributed by atoms with E-state index in [-0.39, 0.29) is 17.9 Å². The van der Waals surface area contributed by atoms with E-state index in [0.717, 1.165) is 0 Å². The van der Waals surface area contributed by atoms with Crippen LogP contribution < -0.4 is 5.32 Å². The molecule has 0 saturated heterocycles. The molecule has 0 aromatic carbocycles. The molecule has 1 unspecified atom stereocenters. The molecule has 0 saturated carbocycles. The van der Waals surface area contributed by atoms with Crippen molar-refractivity contribution in [2.45, 2.75) is 26.4 Å². The highest BCUT2D eigenvalue weighted by Crippen LogP contribution is 2.04. The van der Waals surface area contributed by atoms with Crippen LogP contribution in [0, 0.1) is 5.92 Å². The lowest BCUT2D eigenvalue weighted by atomic mass is 10.0. The number of aryl methyl sites for hydroxylation is 1. The van der Waals surface area contributed by atoms with Crippen LogP contribution in [0.3, 0.4) is 0 Å². The maximum Gasteiger partial charge on any atom is 0.323 e. The summed E-state index contributed by atoms with van der Waals surface area (Å²) < 4.78 is 4.70. The Labute approximate surface area is 94.2 Å². The molecule has 90 valence electrons. The predicted octanol–water partition coefficient (Wildman–Crippen LogP) is -0.503. The molecule has 1 atom stereocenters. The molecule has 0 spiro atoms. The normalized spacial score (nSPS) is 12.8.